The number of aromatic nitrogens is 2. The van der Waals surface area contributed by atoms with E-state index in [2.05, 4.69) is 25.3 Å². The highest BCUT2D eigenvalue weighted by Crippen LogP contribution is 2.28. The van der Waals surface area contributed by atoms with E-state index < -0.39 is 24.6 Å². The van der Waals surface area contributed by atoms with Crippen molar-refractivity contribution in [3.05, 3.63) is 46.1 Å². The molecule has 0 saturated carbocycles. The number of furan rings is 1. The number of hydrogen-bond acceptors (Lipinski definition) is 7. The van der Waals surface area contributed by atoms with Crippen LogP contribution in [0.1, 0.15) is 23.0 Å². The highest BCUT2D eigenvalue weighted by molar-refractivity contribution is 7.14. The Morgan fingerprint density at radius 1 is 1.32 bits per heavy atom. The lowest BCUT2D eigenvalue weighted by atomic mass is 10.2. The molecular formula is C18H14ClF3N4O4S. The van der Waals surface area contributed by atoms with Gasteiger partial charge in [-0.15, -0.1) is 11.3 Å². The van der Waals surface area contributed by atoms with E-state index in [4.69, 9.17) is 16.0 Å². The van der Waals surface area contributed by atoms with Crippen LogP contribution in [0, 0.1) is 0 Å². The summed E-state index contributed by atoms with van der Waals surface area (Å²) in [6.45, 7) is 0.0804. The topological polar surface area (TPSA) is 106 Å². The zero-order valence-electron chi connectivity index (χ0n) is 15.7. The van der Waals surface area contributed by atoms with Gasteiger partial charge in [-0.25, -0.2) is 9.97 Å². The molecule has 3 rings (SSSR count). The van der Waals surface area contributed by atoms with Crippen LogP contribution in [0.2, 0.25) is 5.02 Å². The van der Waals surface area contributed by atoms with E-state index >= 15 is 0 Å². The lowest BCUT2D eigenvalue weighted by Gasteiger charge is -2.10. The Balaban J connectivity index is 1.63. The van der Waals surface area contributed by atoms with Crippen molar-refractivity contribution in [3.8, 4) is 17.3 Å². The number of halogens is 4. The number of rotatable bonds is 7. The summed E-state index contributed by atoms with van der Waals surface area (Å²) in [5.41, 5.74) is 0.484. The third kappa shape index (κ3) is 6.43. The van der Waals surface area contributed by atoms with Crippen LogP contribution in [-0.4, -0.2) is 34.6 Å². The standard InChI is InChI=1S/C18H14ClF3N4O4S/c1-9(27)23-6-11-2-3-14(30-11)13-7-31-17(25-13)26-15(28)10-4-12(19)16(24-5-10)29-8-18(20,21)22/h2-5,7H,6,8H2,1H3,(H,23,27)(H,25,26,28). The number of amides is 2. The Bertz CT molecular complexity index is 1100. The predicted octanol–water partition coefficient (Wildman–Crippen LogP) is 4.28. The molecule has 0 spiro atoms. The summed E-state index contributed by atoms with van der Waals surface area (Å²) in [5, 5.41) is 6.84. The van der Waals surface area contributed by atoms with Crippen LogP contribution in [0.25, 0.3) is 11.5 Å². The molecule has 3 aromatic heterocycles. The summed E-state index contributed by atoms with van der Waals surface area (Å²) in [5.74, 6) is -0.236. The lowest BCUT2D eigenvalue weighted by Crippen LogP contribution is -2.20. The molecule has 0 aromatic carbocycles. The SMILES string of the molecule is CC(=O)NCc1ccc(-c2csc(NC(=O)c3cnc(OCC(F)(F)F)c(Cl)c3)n2)o1. The summed E-state index contributed by atoms with van der Waals surface area (Å²) in [4.78, 5) is 31.2. The first-order valence-electron chi connectivity index (χ1n) is 8.56. The van der Waals surface area contributed by atoms with Gasteiger partial charge in [0.2, 0.25) is 11.8 Å². The Morgan fingerprint density at radius 3 is 2.77 bits per heavy atom. The number of thiazole rings is 1. The number of carbonyl (C=O) groups is 2. The Hall–Kier alpha value is -3.12. The van der Waals surface area contributed by atoms with Gasteiger partial charge in [0.25, 0.3) is 5.91 Å². The molecule has 0 saturated heterocycles. The van der Waals surface area contributed by atoms with Crippen molar-refractivity contribution < 1.29 is 31.9 Å². The third-order valence-electron chi connectivity index (χ3n) is 3.59. The number of hydrogen-bond donors (Lipinski definition) is 2. The molecule has 0 bridgehead atoms. The number of ether oxygens (including phenoxy) is 1. The Labute approximate surface area is 182 Å². The van der Waals surface area contributed by atoms with Crippen LogP contribution < -0.4 is 15.4 Å². The van der Waals surface area contributed by atoms with Crippen molar-refractivity contribution in [3.63, 3.8) is 0 Å². The van der Waals surface area contributed by atoms with Gasteiger partial charge in [-0.05, 0) is 18.2 Å². The van der Waals surface area contributed by atoms with E-state index in [0.717, 1.165) is 23.6 Å². The maximum atomic E-state index is 12.4. The molecule has 0 unspecified atom stereocenters. The van der Waals surface area contributed by atoms with Gasteiger partial charge in [-0.2, -0.15) is 13.2 Å². The predicted molar refractivity (Wildman–Crippen MR) is 106 cm³/mol. The smallest absolute Gasteiger partial charge is 0.422 e. The number of carbonyl (C=O) groups excluding carboxylic acids is 2. The Kier molecular flexibility index (Phi) is 6.81. The minimum Gasteiger partial charge on any atom is -0.467 e. The van der Waals surface area contributed by atoms with Gasteiger partial charge in [0.05, 0.1) is 12.1 Å². The second kappa shape index (κ2) is 9.35. The molecule has 13 heteroatoms. The fourth-order valence-corrected chi connectivity index (χ4v) is 3.16. The van der Waals surface area contributed by atoms with Gasteiger partial charge in [0.1, 0.15) is 16.5 Å². The third-order valence-corrected chi connectivity index (χ3v) is 4.62. The van der Waals surface area contributed by atoms with Crippen LogP contribution >= 0.6 is 22.9 Å². The number of alkyl halides is 3. The molecule has 8 nitrogen and oxygen atoms in total. The van der Waals surface area contributed by atoms with Crippen molar-refractivity contribution in [1.29, 1.82) is 0 Å². The number of nitrogens with one attached hydrogen (secondary N) is 2. The number of nitrogens with zero attached hydrogens (tertiary/aromatic N) is 2. The second-order valence-corrected chi connectivity index (χ2v) is 7.35. The zero-order chi connectivity index (χ0) is 22.6. The Morgan fingerprint density at radius 2 is 2.10 bits per heavy atom. The van der Waals surface area contributed by atoms with Gasteiger partial charge in [-0.3, -0.25) is 14.9 Å². The maximum absolute atomic E-state index is 12.4. The van der Waals surface area contributed by atoms with Crippen molar-refractivity contribution in [1.82, 2.24) is 15.3 Å². The molecule has 3 aromatic rings. The van der Waals surface area contributed by atoms with E-state index in [9.17, 15) is 22.8 Å². The highest BCUT2D eigenvalue weighted by atomic mass is 35.5. The minimum absolute atomic E-state index is 0.0108. The van der Waals surface area contributed by atoms with Gasteiger partial charge in [0, 0.05) is 18.5 Å². The molecule has 2 N–H and O–H groups in total. The fraction of sp³-hybridized carbons (Fsp3) is 0.222. The molecule has 0 atom stereocenters. The highest BCUT2D eigenvalue weighted by Gasteiger charge is 2.29. The summed E-state index contributed by atoms with van der Waals surface area (Å²) in [6.07, 6.45) is -3.50. The van der Waals surface area contributed by atoms with Crippen LogP contribution in [0.3, 0.4) is 0 Å². The molecule has 0 aliphatic heterocycles. The first-order valence-corrected chi connectivity index (χ1v) is 9.82. The van der Waals surface area contributed by atoms with Gasteiger partial charge >= 0.3 is 6.18 Å². The van der Waals surface area contributed by atoms with Crippen LogP contribution in [0.5, 0.6) is 5.88 Å². The summed E-state index contributed by atoms with van der Waals surface area (Å²) >= 11 is 6.99. The molecule has 0 aliphatic rings. The summed E-state index contributed by atoms with van der Waals surface area (Å²) in [6, 6.07) is 4.52. The van der Waals surface area contributed by atoms with E-state index in [-0.39, 0.29) is 28.2 Å². The normalized spacial score (nSPS) is 11.3. The average molecular weight is 475 g/mol. The van der Waals surface area contributed by atoms with E-state index in [1.807, 2.05) is 0 Å². The van der Waals surface area contributed by atoms with E-state index in [1.165, 1.54) is 6.92 Å². The molecular weight excluding hydrogens is 461 g/mol. The molecule has 31 heavy (non-hydrogen) atoms. The maximum Gasteiger partial charge on any atom is 0.422 e. The fourth-order valence-electron chi connectivity index (χ4n) is 2.24. The second-order valence-electron chi connectivity index (χ2n) is 6.08. The molecule has 0 aliphatic carbocycles. The van der Waals surface area contributed by atoms with Crippen LogP contribution in [0.15, 0.2) is 34.2 Å². The van der Waals surface area contributed by atoms with Gasteiger partial charge < -0.3 is 14.5 Å². The first-order chi connectivity index (χ1) is 14.6. The number of anilines is 1. The van der Waals surface area contributed by atoms with Gasteiger partial charge in [-0.1, -0.05) is 11.6 Å². The quantitative estimate of drug-likeness (QED) is 0.529. The molecule has 3 heterocycles. The largest absolute Gasteiger partial charge is 0.467 e. The molecule has 2 amide bonds. The lowest BCUT2D eigenvalue weighted by molar-refractivity contribution is -0.154. The average Bonchev–Trinajstić information content (AvgIpc) is 3.34. The molecule has 0 radical (unpaired) electrons. The number of pyridine rings is 1. The van der Waals surface area contributed by atoms with Crippen molar-refractivity contribution in [2.24, 2.45) is 0 Å². The minimum atomic E-state index is -4.54. The zero-order valence-corrected chi connectivity index (χ0v) is 17.3. The molecule has 0 fully saturated rings. The van der Waals surface area contributed by atoms with Crippen molar-refractivity contribution >= 4 is 39.9 Å². The monoisotopic (exact) mass is 474 g/mol. The van der Waals surface area contributed by atoms with Crippen molar-refractivity contribution in [2.45, 2.75) is 19.6 Å². The summed E-state index contributed by atoms with van der Waals surface area (Å²) < 4.78 is 46.8. The van der Waals surface area contributed by atoms with E-state index in [0.29, 0.717) is 17.2 Å². The van der Waals surface area contributed by atoms with Crippen molar-refractivity contribution in [2.75, 3.05) is 11.9 Å². The summed E-state index contributed by atoms with van der Waals surface area (Å²) in [7, 11) is 0. The van der Waals surface area contributed by atoms with Crippen LogP contribution in [0.4, 0.5) is 18.3 Å². The van der Waals surface area contributed by atoms with E-state index in [1.54, 1.807) is 17.5 Å². The molecule has 164 valence electrons. The van der Waals surface area contributed by atoms with Crippen LogP contribution in [-0.2, 0) is 11.3 Å². The first kappa shape index (κ1) is 22.6. The van der Waals surface area contributed by atoms with Gasteiger partial charge in [0.15, 0.2) is 17.5 Å².